The van der Waals surface area contributed by atoms with Crippen LogP contribution in [0.5, 0.6) is 5.75 Å². The number of anilines is 2. The Hall–Kier alpha value is -2.63. The highest BCUT2D eigenvalue weighted by atomic mass is 19.1. The summed E-state index contributed by atoms with van der Waals surface area (Å²) >= 11 is 0. The van der Waals surface area contributed by atoms with Crippen molar-refractivity contribution in [1.82, 2.24) is 0 Å². The minimum Gasteiger partial charge on any atom is -0.486 e. The second kappa shape index (κ2) is 6.47. The normalized spacial score (nSPS) is 16.3. The largest absolute Gasteiger partial charge is 0.486 e. The molecule has 2 amide bonds. The van der Waals surface area contributed by atoms with Gasteiger partial charge in [0.1, 0.15) is 23.5 Å². The number of benzene rings is 2. The van der Waals surface area contributed by atoms with Gasteiger partial charge in [0.05, 0.1) is 17.9 Å². The van der Waals surface area contributed by atoms with E-state index in [0.29, 0.717) is 18.0 Å². The number of hydrogen-bond acceptors (Lipinski definition) is 2. The molecule has 0 radical (unpaired) electrons. The molecular weight excluding hydrogens is 314 g/mol. The fourth-order valence-electron chi connectivity index (χ4n) is 2.64. The summed E-state index contributed by atoms with van der Waals surface area (Å²) in [5.74, 6) is -0.695. The average Bonchev–Trinajstić information content (AvgIpc) is 2.57. The van der Waals surface area contributed by atoms with Gasteiger partial charge in [-0.3, -0.25) is 4.90 Å². The summed E-state index contributed by atoms with van der Waals surface area (Å²) in [6.45, 7) is 4.22. The van der Waals surface area contributed by atoms with Crippen molar-refractivity contribution in [3.63, 3.8) is 0 Å². The maximum absolute atomic E-state index is 13.8. The predicted octanol–water partition coefficient (Wildman–Crippen LogP) is 4.48. The van der Waals surface area contributed by atoms with E-state index in [-0.39, 0.29) is 11.8 Å². The second-order valence-corrected chi connectivity index (χ2v) is 5.78. The Labute approximate surface area is 139 Å². The van der Waals surface area contributed by atoms with Gasteiger partial charge < -0.3 is 10.1 Å². The lowest BCUT2D eigenvalue weighted by Gasteiger charge is -2.34. The number of ether oxygens (including phenoxy) is 1. The molecule has 1 aliphatic heterocycles. The zero-order valence-corrected chi connectivity index (χ0v) is 13.5. The average molecular weight is 332 g/mol. The second-order valence-electron chi connectivity index (χ2n) is 5.78. The molecule has 126 valence electrons. The predicted molar refractivity (Wildman–Crippen MR) is 88.6 cm³/mol. The smallest absolute Gasteiger partial charge is 0.326 e. The van der Waals surface area contributed by atoms with E-state index < -0.39 is 17.7 Å². The quantitative estimate of drug-likeness (QED) is 0.881. The van der Waals surface area contributed by atoms with Gasteiger partial charge in [-0.15, -0.1) is 0 Å². The van der Waals surface area contributed by atoms with E-state index in [9.17, 15) is 13.6 Å². The Morgan fingerprint density at radius 1 is 1.29 bits per heavy atom. The first-order valence-electron chi connectivity index (χ1n) is 7.79. The summed E-state index contributed by atoms with van der Waals surface area (Å²) in [5, 5.41) is 2.44. The molecule has 0 fully saturated rings. The maximum Gasteiger partial charge on any atom is 0.326 e. The minimum absolute atomic E-state index is 0.150. The van der Waals surface area contributed by atoms with Crippen LogP contribution in [-0.2, 0) is 0 Å². The molecule has 0 aliphatic carbocycles. The summed E-state index contributed by atoms with van der Waals surface area (Å²) < 4.78 is 32.9. The molecule has 6 heteroatoms. The van der Waals surface area contributed by atoms with E-state index in [4.69, 9.17) is 4.74 Å². The van der Waals surface area contributed by atoms with Crippen LogP contribution < -0.4 is 15.0 Å². The molecule has 1 atom stereocenters. The van der Waals surface area contributed by atoms with E-state index in [0.717, 1.165) is 30.2 Å². The highest BCUT2D eigenvalue weighted by molar-refractivity contribution is 6.03. The Morgan fingerprint density at radius 3 is 2.83 bits per heavy atom. The van der Waals surface area contributed by atoms with Crippen LogP contribution in [0.4, 0.5) is 25.0 Å². The number of halogens is 2. The van der Waals surface area contributed by atoms with Crippen LogP contribution in [0.3, 0.4) is 0 Å². The van der Waals surface area contributed by atoms with Crippen LogP contribution in [0.15, 0.2) is 36.4 Å². The number of hydrogen-bond donors (Lipinski definition) is 1. The minimum atomic E-state index is -0.686. The van der Waals surface area contributed by atoms with Gasteiger partial charge in [-0.2, -0.15) is 0 Å². The number of carbonyl (C=O) groups is 1. The Bertz CT molecular complexity index is 780. The molecule has 1 heterocycles. The number of fused-ring (bicyclic) bond motifs is 1. The molecule has 0 spiro atoms. The molecule has 0 saturated heterocycles. The van der Waals surface area contributed by atoms with Gasteiger partial charge in [-0.05, 0) is 43.2 Å². The lowest BCUT2D eigenvalue weighted by Crippen LogP contribution is -2.45. The molecule has 0 bridgehead atoms. The van der Waals surface area contributed by atoms with Gasteiger partial charge in [0.25, 0.3) is 0 Å². The van der Waals surface area contributed by atoms with Crippen LogP contribution >= 0.6 is 0 Å². The molecule has 3 rings (SSSR count). The molecule has 2 aromatic carbocycles. The van der Waals surface area contributed by atoms with E-state index >= 15 is 0 Å². The summed E-state index contributed by atoms with van der Waals surface area (Å²) in [6, 6.07) is 7.98. The highest BCUT2D eigenvalue weighted by Gasteiger charge is 2.29. The van der Waals surface area contributed by atoms with Crippen LogP contribution in [0.2, 0.25) is 0 Å². The van der Waals surface area contributed by atoms with Crippen LogP contribution in [-0.4, -0.2) is 18.7 Å². The van der Waals surface area contributed by atoms with Gasteiger partial charge in [0.15, 0.2) is 0 Å². The number of nitrogens with zero attached hydrogens (tertiary/aromatic N) is 1. The van der Waals surface area contributed by atoms with Crippen molar-refractivity contribution in [2.24, 2.45) is 0 Å². The molecule has 1 N–H and O–H groups in total. The molecule has 0 unspecified atom stereocenters. The van der Waals surface area contributed by atoms with E-state index in [1.165, 1.54) is 4.90 Å². The van der Waals surface area contributed by atoms with E-state index in [1.807, 2.05) is 32.0 Å². The van der Waals surface area contributed by atoms with Crippen molar-refractivity contribution in [2.45, 2.75) is 26.4 Å². The van der Waals surface area contributed by atoms with Gasteiger partial charge in [0, 0.05) is 6.07 Å². The van der Waals surface area contributed by atoms with Crippen LogP contribution in [0.25, 0.3) is 0 Å². The topological polar surface area (TPSA) is 41.6 Å². The van der Waals surface area contributed by atoms with E-state index in [1.54, 1.807) is 0 Å². The van der Waals surface area contributed by atoms with E-state index in [2.05, 4.69) is 5.32 Å². The number of nitrogens with one attached hydrogen (secondary N) is 1. The highest BCUT2D eigenvalue weighted by Crippen LogP contribution is 2.35. The SMILES string of the molecule is CC[C@H]1CN(C(=O)Nc2cc(F)ccc2F)c2cc(C)ccc2O1. The summed E-state index contributed by atoms with van der Waals surface area (Å²) in [6.07, 6.45) is 0.578. The first kappa shape index (κ1) is 16.2. The lowest BCUT2D eigenvalue weighted by molar-refractivity contribution is 0.188. The molecular formula is C18H18F2N2O2. The summed E-state index contributed by atoms with van der Waals surface area (Å²) in [5.41, 5.74) is 1.41. The van der Waals surface area contributed by atoms with Crippen molar-refractivity contribution in [2.75, 3.05) is 16.8 Å². The fraction of sp³-hybridized carbons (Fsp3) is 0.278. The zero-order valence-electron chi connectivity index (χ0n) is 13.5. The van der Waals surface area contributed by atoms with Gasteiger partial charge in [-0.1, -0.05) is 13.0 Å². The summed E-state index contributed by atoms with van der Waals surface area (Å²) in [4.78, 5) is 14.1. The Balaban J connectivity index is 1.91. The Kier molecular flexibility index (Phi) is 4.38. The van der Waals surface area contributed by atoms with Crippen LogP contribution in [0.1, 0.15) is 18.9 Å². The van der Waals surface area contributed by atoms with Crippen LogP contribution in [0, 0.1) is 18.6 Å². The molecule has 0 aromatic heterocycles. The first-order chi connectivity index (χ1) is 11.5. The number of aryl methyl sites for hydroxylation is 1. The van der Waals surface area contributed by atoms with Crippen molar-refractivity contribution >= 4 is 17.4 Å². The standard InChI is InChI=1S/C18H18F2N2O2/c1-3-13-10-22(16-8-11(2)4-7-17(16)24-13)18(23)21-15-9-12(19)5-6-14(15)20/h4-9,13H,3,10H2,1-2H3,(H,21,23)/t13-/m0/s1. The van der Waals surface area contributed by atoms with Crippen molar-refractivity contribution in [3.05, 3.63) is 53.6 Å². The molecule has 2 aromatic rings. The third kappa shape index (κ3) is 3.18. The first-order valence-corrected chi connectivity index (χ1v) is 7.79. The van der Waals surface area contributed by atoms with Crippen molar-refractivity contribution in [1.29, 1.82) is 0 Å². The van der Waals surface area contributed by atoms with Gasteiger partial charge in [0.2, 0.25) is 0 Å². The van der Waals surface area contributed by atoms with Crippen molar-refractivity contribution in [3.8, 4) is 5.75 Å². The third-order valence-electron chi connectivity index (χ3n) is 3.96. The molecule has 4 nitrogen and oxygen atoms in total. The number of urea groups is 1. The van der Waals surface area contributed by atoms with Crippen molar-refractivity contribution < 1.29 is 18.3 Å². The summed E-state index contributed by atoms with van der Waals surface area (Å²) in [7, 11) is 0. The monoisotopic (exact) mass is 332 g/mol. The van der Waals surface area contributed by atoms with Gasteiger partial charge in [-0.25, -0.2) is 13.6 Å². The Morgan fingerprint density at radius 2 is 2.08 bits per heavy atom. The maximum atomic E-state index is 13.8. The molecule has 24 heavy (non-hydrogen) atoms. The fourth-order valence-corrected chi connectivity index (χ4v) is 2.64. The third-order valence-corrected chi connectivity index (χ3v) is 3.96. The van der Waals surface area contributed by atoms with Gasteiger partial charge >= 0.3 is 6.03 Å². The number of rotatable bonds is 2. The number of carbonyl (C=O) groups excluding carboxylic acids is 1. The molecule has 0 saturated carbocycles. The lowest BCUT2D eigenvalue weighted by atomic mass is 10.1. The zero-order chi connectivity index (χ0) is 17.3. The number of amides is 2. The molecule has 1 aliphatic rings.